The molecule has 0 aliphatic heterocycles. The molecule has 0 bridgehead atoms. The van der Waals surface area contributed by atoms with Crippen molar-refractivity contribution in [1.29, 1.82) is 0 Å². The largest absolute Gasteiger partial charge is 0.478 e. The normalized spacial score (nSPS) is 10.3. The fourth-order valence-electron chi connectivity index (χ4n) is 0.954. The van der Waals surface area contributed by atoms with Gasteiger partial charge in [-0.1, -0.05) is 17.9 Å². The Labute approximate surface area is 97.3 Å². The summed E-state index contributed by atoms with van der Waals surface area (Å²) in [4.78, 5) is 10.6. The monoisotopic (exact) mass is 258 g/mol. The van der Waals surface area contributed by atoms with Crippen molar-refractivity contribution in [3.63, 3.8) is 0 Å². The highest BCUT2D eigenvalue weighted by Crippen LogP contribution is 2.04. The van der Waals surface area contributed by atoms with E-state index in [9.17, 15) is 13.2 Å². The third-order valence-electron chi connectivity index (χ3n) is 1.59. The van der Waals surface area contributed by atoms with Gasteiger partial charge >= 0.3 is 5.97 Å². The number of aromatic carboxylic acids is 1. The fraction of sp³-hybridized carbons (Fsp3) is 0.100. The molecule has 0 atom stereocenters. The minimum absolute atomic E-state index is 0.0977. The molecule has 1 aromatic rings. The van der Waals surface area contributed by atoms with E-state index in [0.717, 1.165) is 0 Å². The first-order valence-corrected chi connectivity index (χ1v) is 6.61. The number of carbonyl (C=O) groups is 1. The Balaban J connectivity index is 2.90. The average molecular weight is 259 g/mol. The van der Waals surface area contributed by atoms with Crippen LogP contribution in [0, 0.1) is 11.8 Å². The Bertz CT molecular complexity index is 566. The minimum atomic E-state index is -3.64. The lowest BCUT2D eigenvalue weighted by atomic mass is 10.1. The molecule has 0 aliphatic carbocycles. The van der Waals surface area contributed by atoms with Crippen LogP contribution in [0.2, 0.25) is 0 Å². The maximum Gasteiger partial charge on any atom is 0.335 e. The van der Waals surface area contributed by atoms with Crippen LogP contribution in [-0.2, 0) is 9.05 Å². The molecular weight excluding hydrogens is 252 g/mol. The lowest BCUT2D eigenvalue weighted by Gasteiger charge is -1.94. The zero-order valence-electron chi connectivity index (χ0n) is 7.97. The molecule has 6 heteroatoms. The van der Waals surface area contributed by atoms with Gasteiger partial charge in [0.2, 0.25) is 9.05 Å². The average Bonchev–Trinajstić information content (AvgIpc) is 2.16. The molecule has 0 aromatic heterocycles. The lowest BCUT2D eigenvalue weighted by Crippen LogP contribution is -1.96. The number of hydrogen-bond donors (Lipinski definition) is 1. The minimum Gasteiger partial charge on any atom is -0.478 e. The summed E-state index contributed by atoms with van der Waals surface area (Å²) in [5, 5.41) is 8.70. The number of carboxylic acid groups (broad SMARTS) is 1. The van der Waals surface area contributed by atoms with Gasteiger partial charge in [0, 0.05) is 16.2 Å². The first-order valence-electron chi connectivity index (χ1n) is 4.13. The quantitative estimate of drug-likeness (QED) is 0.641. The number of rotatable bonds is 2. The van der Waals surface area contributed by atoms with Gasteiger partial charge in [-0.2, -0.15) is 0 Å². The van der Waals surface area contributed by atoms with E-state index < -0.39 is 20.8 Å². The van der Waals surface area contributed by atoms with E-state index >= 15 is 0 Å². The third-order valence-corrected chi connectivity index (χ3v) is 2.40. The first-order chi connectivity index (χ1) is 7.38. The number of hydrogen-bond acceptors (Lipinski definition) is 3. The van der Waals surface area contributed by atoms with Crippen LogP contribution in [0.4, 0.5) is 0 Å². The molecule has 1 rings (SSSR count). The van der Waals surface area contributed by atoms with Gasteiger partial charge in [-0.3, -0.25) is 0 Å². The Morgan fingerprint density at radius 1 is 1.44 bits per heavy atom. The maximum atomic E-state index is 10.6. The van der Waals surface area contributed by atoms with Gasteiger partial charge in [-0.05, 0) is 18.2 Å². The fourth-order valence-corrected chi connectivity index (χ4v) is 1.36. The number of halogens is 1. The van der Waals surface area contributed by atoms with Gasteiger partial charge in [0.25, 0.3) is 0 Å². The van der Waals surface area contributed by atoms with Crippen molar-refractivity contribution < 1.29 is 18.3 Å². The van der Waals surface area contributed by atoms with Crippen LogP contribution < -0.4 is 0 Å². The van der Waals surface area contributed by atoms with E-state index in [2.05, 4.69) is 11.8 Å². The first kappa shape index (κ1) is 12.6. The van der Waals surface area contributed by atoms with Crippen LogP contribution in [-0.4, -0.2) is 25.2 Å². The number of carboxylic acids is 1. The molecule has 1 N–H and O–H groups in total. The second-order valence-corrected chi connectivity index (χ2v) is 5.65. The molecule has 4 nitrogen and oxygen atoms in total. The van der Waals surface area contributed by atoms with Crippen molar-refractivity contribution in [3.8, 4) is 11.8 Å². The second kappa shape index (κ2) is 5.01. The summed E-state index contributed by atoms with van der Waals surface area (Å²) in [6.07, 6.45) is 0. The summed E-state index contributed by atoms with van der Waals surface area (Å²) in [6, 6.07) is 5.89. The van der Waals surface area contributed by atoms with Crippen molar-refractivity contribution in [2.45, 2.75) is 0 Å². The standard InChI is InChI=1S/C10H7ClO4S/c11-16(14,15)6-2-4-8-3-1-5-9(7-8)10(12)13/h1,3,5,7H,6H2,(H,12,13). The zero-order valence-corrected chi connectivity index (χ0v) is 9.55. The Morgan fingerprint density at radius 2 is 2.12 bits per heavy atom. The highest BCUT2D eigenvalue weighted by atomic mass is 35.7. The van der Waals surface area contributed by atoms with E-state index in [0.29, 0.717) is 5.56 Å². The van der Waals surface area contributed by atoms with E-state index in [4.69, 9.17) is 15.8 Å². The number of benzene rings is 1. The Morgan fingerprint density at radius 3 is 2.69 bits per heavy atom. The van der Waals surface area contributed by atoms with Gasteiger partial charge < -0.3 is 5.11 Å². The van der Waals surface area contributed by atoms with Crippen molar-refractivity contribution in [1.82, 2.24) is 0 Å². The van der Waals surface area contributed by atoms with Crippen molar-refractivity contribution in [2.24, 2.45) is 0 Å². The van der Waals surface area contributed by atoms with Crippen LogP contribution in [0.5, 0.6) is 0 Å². The van der Waals surface area contributed by atoms with Crippen molar-refractivity contribution in [3.05, 3.63) is 35.4 Å². The predicted octanol–water partition coefficient (Wildman–Crippen LogP) is 1.30. The van der Waals surface area contributed by atoms with E-state index in [1.807, 2.05) is 0 Å². The van der Waals surface area contributed by atoms with Crippen LogP contribution in [0.25, 0.3) is 0 Å². The van der Waals surface area contributed by atoms with Gasteiger partial charge in [0.05, 0.1) is 5.56 Å². The van der Waals surface area contributed by atoms with Gasteiger partial charge in [-0.25, -0.2) is 13.2 Å². The SMILES string of the molecule is O=C(O)c1cccc(C#CCS(=O)(=O)Cl)c1. The molecule has 84 valence electrons. The van der Waals surface area contributed by atoms with Gasteiger partial charge in [0.1, 0.15) is 5.75 Å². The molecule has 0 amide bonds. The summed E-state index contributed by atoms with van der Waals surface area (Å²) in [7, 11) is 1.32. The molecule has 0 fully saturated rings. The molecule has 0 saturated heterocycles. The predicted molar refractivity (Wildman–Crippen MR) is 59.9 cm³/mol. The molecule has 0 spiro atoms. The summed E-state index contributed by atoms with van der Waals surface area (Å²) in [5.41, 5.74) is 0.528. The highest BCUT2D eigenvalue weighted by Gasteiger charge is 2.02. The van der Waals surface area contributed by atoms with Crippen LogP contribution in [0.1, 0.15) is 15.9 Å². The summed E-state index contributed by atoms with van der Waals surface area (Å²) in [5.74, 6) is 3.34. The zero-order chi connectivity index (χ0) is 12.2. The molecule has 0 aliphatic rings. The van der Waals surface area contributed by atoms with Crippen LogP contribution in [0.3, 0.4) is 0 Å². The molecule has 0 heterocycles. The molecule has 1 aromatic carbocycles. The topological polar surface area (TPSA) is 71.4 Å². The Kier molecular flexibility index (Phi) is 3.93. The molecule has 0 unspecified atom stereocenters. The van der Waals surface area contributed by atoms with Crippen molar-refractivity contribution in [2.75, 3.05) is 5.75 Å². The maximum absolute atomic E-state index is 10.6. The molecular formula is C10H7ClO4S. The molecule has 0 saturated carbocycles. The second-order valence-electron chi connectivity index (χ2n) is 2.87. The summed E-state index contributed by atoms with van der Waals surface area (Å²) >= 11 is 0. The van der Waals surface area contributed by atoms with E-state index in [1.165, 1.54) is 18.2 Å². The lowest BCUT2D eigenvalue weighted by molar-refractivity contribution is 0.0697. The smallest absolute Gasteiger partial charge is 0.335 e. The van der Waals surface area contributed by atoms with Crippen LogP contribution in [0.15, 0.2) is 24.3 Å². The van der Waals surface area contributed by atoms with E-state index in [-0.39, 0.29) is 5.56 Å². The van der Waals surface area contributed by atoms with Gasteiger partial charge in [0.15, 0.2) is 0 Å². The van der Waals surface area contributed by atoms with E-state index in [1.54, 1.807) is 6.07 Å². The van der Waals surface area contributed by atoms with Gasteiger partial charge in [-0.15, -0.1) is 0 Å². The third kappa shape index (κ3) is 4.34. The molecule has 16 heavy (non-hydrogen) atoms. The van der Waals surface area contributed by atoms with Crippen LogP contribution >= 0.6 is 10.7 Å². The van der Waals surface area contributed by atoms with Crippen molar-refractivity contribution >= 4 is 25.7 Å². The summed E-state index contributed by atoms with van der Waals surface area (Å²) in [6.45, 7) is 0. The highest BCUT2D eigenvalue weighted by molar-refractivity contribution is 8.13. The Hall–Kier alpha value is -1.51. The molecule has 0 radical (unpaired) electrons. The summed E-state index contributed by atoms with van der Waals surface area (Å²) < 4.78 is 21.1.